The zero-order chi connectivity index (χ0) is 41.3. The van der Waals surface area contributed by atoms with Crippen LogP contribution in [0.5, 0.6) is 0 Å². The average Bonchev–Trinajstić information content (AvgIpc) is 3.74. The smallest absolute Gasteiger partial charge is 0.250 e. The van der Waals surface area contributed by atoms with Gasteiger partial charge in [-0.25, -0.2) is 9.97 Å². The first-order chi connectivity index (χ1) is 28.4. The number of rotatable bonds is 30. The molecule has 4 rings (SSSR count). The maximum absolute atomic E-state index is 13.5. The van der Waals surface area contributed by atoms with Crippen molar-refractivity contribution in [3.63, 3.8) is 0 Å². The van der Waals surface area contributed by atoms with Crippen LogP contribution in [0.1, 0.15) is 68.7 Å². The third kappa shape index (κ3) is 16.1. The van der Waals surface area contributed by atoms with Crippen LogP contribution in [0.25, 0.3) is 0 Å². The molecule has 318 valence electrons. The molecule has 0 radical (unpaired) electrons. The van der Waals surface area contributed by atoms with Crippen molar-refractivity contribution in [2.24, 2.45) is 5.41 Å². The monoisotopic (exact) mass is 823 g/mol. The molecule has 0 aliphatic heterocycles. The first-order valence-electron chi connectivity index (χ1n) is 20.3. The van der Waals surface area contributed by atoms with E-state index in [-0.39, 0.29) is 25.0 Å². The molecule has 2 heterocycles. The third-order valence-electron chi connectivity index (χ3n) is 9.97. The topological polar surface area (TPSA) is 182 Å². The summed E-state index contributed by atoms with van der Waals surface area (Å²) in [7, 11) is 0. The number of hydrogen-bond acceptors (Lipinski definition) is 13. The van der Waals surface area contributed by atoms with E-state index in [4.69, 9.17) is 23.9 Å². The van der Waals surface area contributed by atoms with Crippen molar-refractivity contribution >= 4 is 52.5 Å². The molecular weight excluding hydrogens is 763 g/mol. The zero-order valence-corrected chi connectivity index (χ0v) is 34.8. The molecule has 16 heteroatoms. The lowest BCUT2D eigenvalue weighted by Gasteiger charge is -2.35. The minimum absolute atomic E-state index is 0.0705. The van der Waals surface area contributed by atoms with Crippen molar-refractivity contribution in [1.82, 2.24) is 25.5 Å². The highest BCUT2D eigenvalue weighted by atomic mass is 32.1. The fourth-order valence-electron chi connectivity index (χ4n) is 6.89. The van der Waals surface area contributed by atoms with Gasteiger partial charge in [0.25, 0.3) is 0 Å². The Labute approximate surface area is 346 Å². The Kier molecular flexibility index (Phi) is 21.3. The molecule has 0 spiro atoms. The summed E-state index contributed by atoms with van der Waals surface area (Å²) in [6.07, 6.45) is 10.1. The second-order valence-corrected chi connectivity index (χ2v) is 15.2. The predicted octanol–water partition coefficient (Wildman–Crippen LogP) is 4.82. The Morgan fingerprint density at radius 2 is 1.62 bits per heavy atom. The van der Waals surface area contributed by atoms with Crippen LogP contribution in [-0.2, 0) is 51.1 Å². The second kappa shape index (κ2) is 26.6. The largest absolute Gasteiger partial charge is 0.378 e. The predicted molar refractivity (Wildman–Crippen MR) is 224 cm³/mol. The van der Waals surface area contributed by atoms with E-state index in [1.807, 2.05) is 49.6 Å². The van der Waals surface area contributed by atoms with Gasteiger partial charge in [0.2, 0.25) is 18.2 Å². The standard InChI is InChI=1S/C42H61N7O8S/c1-3-9-35(30-50)49(32-51)29-36-33(2)10-7-12-37(36)47-39(52)31-57-21-17-43-16-20-54-23-25-56-26-24-55-22-18-44-40(53)42(14-5-4-6-15-42)28-34-11-8-13-38(46-34)48-41-45-19-27-58-41/h7-8,10-13,19,27,30,32,35,43H,3-6,9,14-18,20-26,28-29,31H2,1-2H3,(H,44,53)(H,47,52)(H,45,46,48). The SMILES string of the molecule is CCCC(C=O)N(C=O)Cc1c(C)cccc1NC(=O)COCCNCCOCCOCCOCCNC(=O)C1(Cc2cccc(Nc3nccs3)n2)CCCCC1. The molecule has 1 unspecified atom stereocenters. The van der Waals surface area contributed by atoms with Crippen molar-refractivity contribution in [2.45, 2.75) is 77.8 Å². The number of aldehydes is 1. The normalized spacial score (nSPS) is 14.0. The average molecular weight is 824 g/mol. The lowest BCUT2D eigenvalue weighted by molar-refractivity contribution is -0.133. The number of pyridine rings is 1. The summed E-state index contributed by atoms with van der Waals surface area (Å²) in [5, 5.41) is 15.1. The molecule has 2 aromatic heterocycles. The van der Waals surface area contributed by atoms with Gasteiger partial charge in [0.05, 0.1) is 57.7 Å². The molecule has 0 saturated heterocycles. The van der Waals surface area contributed by atoms with Gasteiger partial charge in [-0.1, -0.05) is 50.8 Å². The quantitative estimate of drug-likeness (QED) is 0.0533. The summed E-state index contributed by atoms with van der Waals surface area (Å²) in [6.45, 7) is 8.60. The minimum atomic E-state index is -0.511. The summed E-state index contributed by atoms with van der Waals surface area (Å²) >= 11 is 1.52. The van der Waals surface area contributed by atoms with Gasteiger partial charge < -0.3 is 49.9 Å². The number of aryl methyl sites for hydroxylation is 1. The highest BCUT2D eigenvalue weighted by Crippen LogP contribution is 2.39. The Balaban J connectivity index is 0.984. The third-order valence-corrected chi connectivity index (χ3v) is 10.7. The molecule has 4 N–H and O–H groups in total. The molecule has 58 heavy (non-hydrogen) atoms. The van der Waals surface area contributed by atoms with Crippen molar-refractivity contribution < 1.29 is 38.1 Å². The molecule has 1 aromatic carbocycles. The van der Waals surface area contributed by atoms with Crippen LogP contribution in [0.2, 0.25) is 0 Å². The molecule has 1 saturated carbocycles. The number of carbonyl (C=O) groups is 4. The fourth-order valence-corrected chi connectivity index (χ4v) is 7.42. The first kappa shape index (κ1) is 46.4. The zero-order valence-electron chi connectivity index (χ0n) is 34.0. The number of amides is 3. The van der Waals surface area contributed by atoms with E-state index in [1.165, 1.54) is 16.2 Å². The molecule has 1 aliphatic carbocycles. The number of anilines is 3. The van der Waals surface area contributed by atoms with Crippen LogP contribution in [0, 0.1) is 12.3 Å². The van der Waals surface area contributed by atoms with E-state index in [1.54, 1.807) is 12.3 Å². The van der Waals surface area contributed by atoms with E-state index >= 15 is 0 Å². The summed E-state index contributed by atoms with van der Waals surface area (Å²) in [5.74, 6) is 0.495. The van der Waals surface area contributed by atoms with Crippen LogP contribution in [0.15, 0.2) is 48.0 Å². The Morgan fingerprint density at radius 3 is 2.31 bits per heavy atom. The highest BCUT2D eigenvalue weighted by Gasteiger charge is 2.39. The van der Waals surface area contributed by atoms with E-state index in [0.29, 0.717) is 90.8 Å². The summed E-state index contributed by atoms with van der Waals surface area (Å²) in [6, 6.07) is 10.9. The Hall–Kier alpha value is -4.32. The van der Waals surface area contributed by atoms with Gasteiger partial charge in [-0.05, 0) is 55.5 Å². The molecule has 1 aliphatic rings. The minimum Gasteiger partial charge on any atom is -0.378 e. The van der Waals surface area contributed by atoms with Gasteiger partial charge in [0.1, 0.15) is 18.7 Å². The molecular formula is C42H61N7O8S. The van der Waals surface area contributed by atoms with Crippen LogP contribution in [-0.4, -0.2) is 118 Å². The number of hydrogen-bond donors (Lipinski definition) is 4. The highest BCUT2D eigenvalue weighted by molar-refractivity contribution is 7.13. The van der Waals surface area contributed by atoms with E-state index < -0.39 is 11.5 Å². The molecule has 0 bridgehead atoms. The lowest BCUT2D eigenvalue weighted by atomic mass is 9.70. The number of thiazole rings is 1. The number of carbonyl (C=O) groups excluding carboxylic acids is 4. The van der Waals surface area contributed by atoms with Gasteiger partial charge in [0, 0.05) is 55.6 Å². The first-order valence-corrected chi connectivity index (χ1v) is 21.2. The maximum Gasteiger partial charge on any atom is 0.250 e. The summed E-state index contributed by atoms with van der Waals surface area (Å²) in [5.41, 5.74) is 2.70. The van der Waals surface area contributed by atoms with Crippen molar-refractivity contribution in [2.75, 3.05) is 83.1 Å². The van der Waals surface area contributed by atoms with Gasteiger partial charge in [-0.3, -0.25) is 14.4 Å². The summed E-state index contributed by atoms with van der Waals surface area (Å²) < 4.78 is 22.4. The Bertz CT molecular complexity index is 1660. The van der Waals surface area contributed by atoms with Gasteiger partial charge in [0.15, 0.2) is 5.13 Å². The molecule has 1 atom stereocenters. The lowest BCUT2D eigenvalue weighted by Crippen LogP contribution is -2.45. The van der Waals surface area contributed by atoms with E-state index in [0.717, 1.165) is 72.6 Å². The number of nitrogens with zero attached hydrogens (tertiary/aromatic N) is 3. The summed E-state index contributed by atoms with van der Waals surface area (Å²) in [4.78, 5) is 59.9. The fraction of sp³-hybridized carbons (Fsp3) is 0.571. The second-order valence-electron chi connectivity index (χ2n) is 14.3. The van der Waals surface area contributed by atoms with E-state index in [9.17, 15) is 19.2 Å². The Morgan fingerprint density at radius 1 is 0.914 bits per heavy atom. The van der Waals surface area contributed by atoms with E-state index in [2.05, 4.69) is 26.3 Å². The van der Waals surface area contributed by atoms with Gasteiger partial charge >= 0.3 is 0 Å². The van der Waals surface area contributed by atoms with Crippen LogP contribution < -0.4 is 21.3 Å². The van der Waals surface area contributed by atoms with Crippen LogP contribution in [0.4, 0.5) is 16.6 Å². The number of aromatic nitrogens is 2. The molecule has 1 fully saturated rings. The molecule has 15 nitrogen and oxygen atoms in total. The van der Waals surface area contributed by atoms with Gasteiger partial charge in [-0.2, -0.15) is 0 Å². The van der Waals surface area contributed by atoms with Crippen LogP contribution in [0.3, 0.4) is 0 Å². The maximum atomic E-state index is 13.5. The molecule has 3 amide bonds. The van der Waals surface area contributed by atoms with Gasteiger partial charge in [-0.15, -0.1) is 11.3 Å². The number of benzene rings is 1. The van der Waals surface area contributed by atoms with Crippen LogP contribution >= 0.6 is 11.3 Å². The number of nitrogens with one attached hydrogen (secondary N) is 4. The number of ether oxygens (including phenoxy) is 4. The molecule has 3 aromatic rings. The van der Waals surface area contributed by atoms with Crippen molar-refractivity contribution in [3.05, 3.63) is 64.8 Å². The van der Waals surface area contributed by atoms with Crippen molar-refractivity contribution in [1.29, 1.82) is 0 Å². The van der Waals surface area contributed by atoms with Crippen molar-refractivity contribution in [3.8, 4) is 0 Å².